The summed E-state index contributed by atoms with van der Waals surface area (Å²) in [5.41, 5.74) is 3.43. The van der Waals surface area contributed by atoms with Crippen molar-refractivity contribution in [1.82, 2.24) is 10.2 Å². The highest BCUT2D eigenvalue weighted by molar-refractivity contribution is 5.71. The molecule has 0 aliphatic heterocycles. The van der Waals surface area contributed by atoms with Crippen molar-refractivity contribution >= 4 is 12.0 Å². The molecular formula is C19H20FN3O2. The standard InChI is InChI=1S/C12H12N2O2.C7H8FN/c1-16-12-4-2-9(3-5-12)6-10-7-11(8-15)14-13-10;1-9-7-4-2-6(8)3-5-7/h2-5,7-8H,6H2,1H3,(H,13,14);2-5,9H,1H3. The van der Waals surface area contributed by atoms with Gasteiger partial charge in [0.1, 0.15) is 17.3 Å². The van der Waals surface area contributed by atoms with Crippen molar-refractivity contribution in [3.63, 3.8) is 0 Å². The summed E-state index contributed by atoms with van der Waals surface area (Å²) in [5, 5.41) is 9.56. The molecular weight excluding hydrogens is 321 g/mol. The van der Waals surface area contributed by atoms with Crippen molar-refractivity contribution in [2.24, 2.45) is 0 Å². The molecule has 6 heteroatoms. The summed E-state index contributed by atoms with van der Waals surface area (Å²) in [5.74, 6) is 0.635. The average molecular weight is 341 g/mol. The van der Waals surface area contributed by atoms with Gasteiger partial charge in [-0.05, 0) is 48.0 Å². The lowest BCUT2D eigenvalue weighted by Crippen LogP contribution is -1.89. The quantitative estimate of drug-likeness (QED) is 0.695. The van der Waals surface area contributed by atoms with Crippen LogP contribution < -0.4 is 10.1 Å². The maximum atomic E-state index is 12.2. The lowest BCUT2D eigenvalue weighted by Gasteiger charge is -2.01. The molecule has 0 aliphatic carbocycles. The molecule has 3 rings (SSSR count). The van der Waals surface area contributed by atoms with E-state index in [1.165, 1.54) is 12.1 Å². The van der Waals surface area contributed by atoms with Crippen molar-refractivity contribution in [2.75, 3.05) is 19.5 Å². The summed E-state index contributed by atoms with van der Waals surface area (Å²) in [4.78, 5) is 10.5. The molecule has 25 heavy (non-hydrogen) atoms. The van der Waals surface area contributed by atoms with Crippen LogP contribution in [-0.2, 0) is 6.42 Å². The zero-order valence-electron chi connectivity index (χ0n) is 14.1. The van der Waals surface area contributed by atoms with Gasteiger partial charge in [0.25, 0.3) is 0 Å². The largest absolute Gasteiger partial charge is 0.497 e. The Hall–Kier alpha value is -3.15. The van der Waals surface area contributed by atoms with Gasteiger partial charge < -0.3 is 10.1 Å². The maximum Gasteiger partial charge on any atom is 0.170 e. The fourth-order valence-electron chi connectivity index (χ4n) is 2.11. The number of hydrogen-bond donors (Lipinski definition) is 2. The minimum absolute atomic E-state index is 0.200. The Morgan fingerprint density at radius 2 is 1.84 bits per heavy atom. The number of benzene rings is 2. The number of halogens is 1. The van der Waals surface area contributed by atoms with E-state index >= 15 is 0 Å². The average Bonchev–Trinajstić information content (AvgIpc) is 3.11. The van der Waals surface area contributed by atoms with E-state index in [0.29, 0.717) is 5.69 Å². The van der Waals surface area contributed by atoms with Crippen LogP contribution in [0.1, 0.15) is 21.7 Å². The Balaban J connectivity index is 0.000000212. The third-order valence-electron chi connectivity index (χ3n) is 3.46. The minimum atomic E-state index is -0.200. The van der Waals surface area contributed by atoms with Gasteiger partial charge in [-0.1, -0.05) is 12.1 Å². The first kappa shape index (κ1) is 18.2. The van der Waals surface area contributed by atoms with Crippen LogP contribution in [0.25, 0.3) is 0 Å². The molecule has 0 fully saturated rings. The highest BCUT2D eigenvalue weighted by atomic mass is 19.1. The van der Waals surface area contributed by atoms with Gasteiger partial charge in [0, 0.05) is 24.8 Å². The molecule has 0 radical (unpaired) electrons. The van der Waals surface area contributed by atoms with E-state index in [2.05, 4.69) is 15.5 Å². The first-order chi connectivity index (χ1) is 12.1. The smallest absolute Gasteiger partial charge is 0.170 e. The molecule has 0 amide bonds. The molecule has 0 saturated carbocycles. The van der Waals surface area contributed by atoms with Crippen molar-refractivity contribution in [1.29, 1.82) is 0 Å². The number of aromatic amines is 1. The van der Waals surface area contributed by atoms with E-state index in [4.69, 9.17) is 4.74 Å². The lowest BCUT2D eigenvalue weighted by molar-refractivity contribution is 0.111. The summed E-state index contributed by atoms with van der Waals surface area (Å²) in [6, 6.07) is 15.8. The molecule has 0 spiro atoms. The summed E-state index contributed by atoms with van der Waals surface area (Å²) < 4.78 is 17.3. The van der Waals surface area contributed by atoms with Gasteiger partial charge in [0.05, 0.1) is 7.11 Å². The van der Waals surface area contributed by atoms with Gasteiger partial charge in [-0.2, -0.15) is 5.10 Å². The fraction of sp³-hybridized carbons (Fsp3) is 0.158. The molecule has 1 heterocycles. The Bertz CT molecular complexity index is 783. The molecule has 3 aromatic rings. The highest BCUT2D eigenvalue weighted by Gasteiger charge is 2.01. The van der Waals surface area contributed by atoms with E-state index in [-0.39, 0.29) is 5.82 Å². The molecule has 0 saturated heterocycles. The van der Waals surface area contributed by atoms with E-state index < -0.39 is 0 Å². The Morgan fingerprint density at radius 3 is 2.36 bits per heavy atom. The molecule has 0 aliphatic rings. The molecule has 1 aromatic heterocycles. The number of hydrogen-bond acceptors (Lipinski definition) is 4. The number of carbonyl (C=O) groups excluding carboxylic acids is 1. The van der Waals surface area contributed by atoms with Crippen molar-refractivity contribution in [2.45, 2.75) is 6.42 Å². The zero-order chi connectivity index (χ0) is 18.1. The zero-order valence-corrected chi connectivity index (χ0v) is 14.1. The predicted octanol–water partition coefficient (Wildman–Crippen LogP) is 3.69. The normalized spacial score (nSPS) is 9.72. The first-order valence-electron chi connectivity index (χ1n) is 7.70. The Kier molecular flexibility index (Phi) is 6.71. The summed E-state index contributed by atoms with van der Waals surface area (Å²) in [6.07, 6.45) is 1.46. The lowest BCUT2D eigenvalue weighted by atomic mass is 10.1. The Morgan fingerprint density at radius 1 is 1.16 bits per heavy atom. The second-order valence-corrected chi connectivity index (χ2v) is 5.22. The molecule has 2 N–H and O–H groups in total. The van der Waals surface area contributed by atoms with E-state index in [1.807, 2.05) is 24.3 Å². The fourth-order valence-corrected chi connectivity index (χ4v) is 2.11. The molecule has 0 unspecified atom stereocenters. The topological polar surface area (TPSA) is 67.0 Å². The number of nitrogens with one attached hydrogen (secondary N) is 2. The number of aromatic nitrogens is 2. The monoisotopic (exact) mass is 341 g/mol. The van der Waals surface area contributed by atoms with Crippen LogP contribution in [0.4, 0.5) is 10.1 Å². The molecule has 0 bridgehead atoms. The first-order valence-corrected chi connectivity index (χ1v) is 7.70. The molecule has 130 valence electrons. The molecule has 0 atom stereocenters. The van der Waals surface area contributed by atoms with Gasteiger partial charge >= 0.3 is 0 Å². The van der Waals surface area contributed by atoms with E-state index in [1.54, 1.807) is 32.4 Å². The second kappa shape index (κ2) is 9.22. The number of H-pyrrole nitrogens is 1. The van der Waals surface area contributed by atoms with E-state index in [9.17, 15) is 9.18 Å². The minimum Gasteiger partial charge on any atom is -0.497 e. The van der Waals surface area contributed by atoms with E-state index in [0.717, 1.165) is 35.4 Å². The summed E-state index contributed by atoms with van der Waals surface area (Å²) in [6.45, 7) is 0. The summed E-state index contributed by atoms with van der Waals surface area (Å²) in [7, 11) is 3.44. The highest BCUT2D eigenvalue weighted by Crippen LogP contribution is 2.14. The van der Waals surface area contributed by atoms with Gasteiger partial charge in [-0.15, -0.1) is 0 Å². The number of carbonyl (C=O) groups is 1. The number of methoxy groups -OCH3 is 1. The number of anilines is 1. The van der Waals surface area contributed by atoms with Crippen molar-refractivity contribution in [3.8, 4) is 5.75 Å². The third-order valence-corrected chi connectivity index (χ3v) is 3.46. The number of rotatable bonds is 5. The van der Waals surface area contributed by atoms with Crippen LogP contribution in [0.5, 0.6) is 5.75 Å². The maximum absolute atomic E-state index is 12.2. The van der Waals surface area contributed by atoms with Gasteiger partial charge in [0.15, 0.2) is 6.29 Å². The van der Waals surface area contributed by atoms with Crippen LogP contribution >= 0.6 is 0 Å². The molecule has 5 nitrogen and oxygen atoms in total. The number of ether oxygens (including phenoxy) is 1. The second-order valence-electron chi connectivity index (χ2n) is 5.22. The van der Waals surface area contributed by atoms with Gasteiger partial charge in [-0.3, -0.25) is 9.89 Å². The van der Waals surface area contributed by atoms with Crippen molar-refractivity contribution in [3.05, 3.63) is 77.4 Å². The Labute approximate surface area is 145 Å². The third kappa shape index (κ3) is 5.76. The van der Waals surface area contributed by atoms with Crippen LogP contribution in [-0.4, -0.2) is 30.6 Å². The molecule has 2 aromatic carbocycles. The SMILES string of the molecule is CNc1ccc(F)cc1.COc1ccc(Cc2cc(C=O)n[nH]2)cc1. The van der Waals surface area contributed by atoms with Crippen LogP contribution in [0.3, 0.4) is 0 Å². The van der Waals surface area contributed by atoms with Crippen LogP contribution in [0.2, 0.25) is 0 Å². The predicted molar refractivity (Wildman–Crippen MR) is 95.7 cm³/mol. The number of nitrogens with zero attached hydrogens (tertiary/aromatic N) is 1. The van der Waals surface area contributed by atoms with Gasteiger partial charge in [0.2, 0.25) is 0 Å². The van der Waals surface area contributed by atoms with Crippen LogP contribution in [0.15, 0.2) is 54.6 Å². The summed E-state index contributed by atoms with van der Waals surface area (Å²) >= 11 is 0. The van der Waals surface area contributed by atoms with Crippen molar-refractivity contribution < 1.29 is 13.9 Å². The van der Waals surface area contributed by atoms with Gasteiger partial charge in [-0.25, -0.2) is 4.39 Å². The number of aldehydes is 1. The van der Waals surface area contributed by atoms with Crippen LogP contribution in [0, 0.1) is 5.82 Å².